The minimum Gasteiger partial charge on any atom is -0.381 e. The third kappa shape index (κ3) is 3.97. The second-order valence-corrected chi connectivity index (χ2v) is 5.27. The van der Waals surface area contributed by atoms with Crippen molar-refractivity contribution in [2.24, 2.45) is 5.92 Å². The quantitative estimate of drug-likeness (QED) is 0.776. The maximum absolute atomic E-state index is 5.47. The van der Waals surface area contributed by atoms with Crippen molar-refractivity contribution < 1.29 is 4.74 Å². The van der Waals surface area contributed by atoms with E-state index in [9.17, 15) is 0 Å². The molecule has 0 aromatic heterocycles. The lowest BCUT2D eigenvalue weighted by atomic mass is 9.94. The Morgan fingerprint density at radius 1 is 1.44 bits per heavy atom. The van der Waals surface area contributed by atoms with Crippen LogP contribution in [0.1, 0.15) is 31.4 Å². The van der Waals surface area contributed by atoms with Crippen LogP contribution in [0.2, 0.25) is 0 Å². The largest absolute Gasteiger partial charge is 0.381 e. The van der Waals surface area contributed by atoms with E-state index in [1.807, 2.05) is 0 Å². The summed E-state index contributed by atoms with van der Waals surface area (Å²) in [6, 6.07) is 11.1. The molecule has 2 nitrogen and oxygen atoms in total. The summed E-state index contributed by atoms with van der Waals surface area (Å²) in [6.45, 7) is 8.75. The monoisotopic (exact) mass is 245 g/mol. The number of hydrogen-bond donors (Lipinski definition) is 1. The van der Waals surface area contributed by atoms with E-state index in [1.54, 1.807) is 0 Å². The van der Waals surface area contributed by atoms with Crippen LogP contribution in [0, 0.1) is 5.92 Å². The smallest absolute Gasteiger partial charge is 0.0495 e. The zero-order valence-corrected chi connectivity index (χ0v) is 11.2. The summed E-state index contributed by atoms with van der Waals surface area (Å²) in [5.74, 6) is 0.688. The average molecular weight is 245 g/mol. The predicted octanol–water partition coefficient (Wildman–Crippen LogP) is 3.32. The molecule has 0 bridgehead atoms. The normalized spacial score (nSPS) is 20.8. The second kappa shape index (κ2) is 6.72. The highest BCUT2D eigenvalue weighted by Gasteiger charge is 2.21. The Kier molecular flexibility index (Phi) is 4.97. The van der Waals surface area contributed by atoms with Crippen LogP contribution in [0.25, 0.3) is 0 Å². The third-order valence-corrected chi connectivity index (χ3v) is 3.45. The fourth-order valence-electron chi connectivity index (χ4n) is 2.42. The first-order valence-electron chi connectivity index (χ1n) is 6.76. The highest BCUT2D eigenvalue weighted by atomic mass is 16.5. The lowest BCUT2D eigenvalue weighted by Gasteiger charge is -2.22. The molecule has 1 N–H and O–H groups in total. The van der Waals surface area contributed by atoms with Crippen LogP contribution >= 0.6 is 0 Å². The Morgan fingerprint density at radius 2 is 2.22 bits per heavy atom. The predicted molar refractivity (Wildman–Crippen MR) is 75.5 cm³/mol. The fraction of sp³-hybridized carbons (Fsp3) is 0.500. The molecule has 1 fully saturated rings. The SMILES string of the molecule is C=C(C)CNC(CC1CCOC1)c1ccccc1. The van der Waals surface area contributed by atoms with E-state index in [2.05, 4.69) is 49.2 Å². The molecule has 0 amide bonds. The van der Waals surface area contributed by atoms with Crippen LogP contribution in [0.5, 0.6) is 0 Å². The first-order chi connectivity index (χ1) is 8.75. The van der Waals surface area contributed by atoms with Gasteiger partial charge in [-0.2, -0.15) is 0 Å². The van der Waals surface area contributed by atoms with Crippen molar-refractivity contribution in [1.29, 1.82) is 0 Å². The Bertz CT molecular complexity index is 368. The average Bonchev–Trinajstić information content (AvgIpc) is 2.88. The van der Waals surface area contributed by atoms with Gasteiger partial charge in [-0.05, 0) is 31.2 Å². The molecule has 0 radical (unpaired) electrons. The van der Waals surface area contributed by atoms with Crippen LogP contribution < -0.4 is 5.32 Å². The van der Waals surface area contributed by atoms with Gasteiger partial charge in [0.1, 0.15) is 0 Å². The fourth-order valence-corrected chi connectivity index (χ4v) is 2.42. The molecular weight excluding hydrogens is 222 g/mol. The molecule has 1 aliphatic rings. The first-order valence-corrected chi connectivity index (χ1v) is 6.76. The van der Waals surface area contributed by atoms with Crippen molar-refractivity contribution in [1.82, 2.24) is 5.32 Å². The summed E-state index contributed by atoms with van der Waals surface area (Å²) in [5.41, 5.74) is 2.55. The van der Waals surface area contributed by atoms with Crippen LogP contribution in [0.3, 0.4) is 0 Å². The molecule has 2 rings (SSSR count). The first kappa shape index (κ1) is 13.3. The van der Waals surface area contributed by atoms with Gasteiger partial charge in [-0.1, -0.05) is 42.5 Å². The Morgan fingerprint density at radius 3 is 2.83 bits per heavy atom. The van der Waals surface area contributed by atoms with Crippen molar-refractivity contribution in [2.45, 2.75) is 25.8 Å². The van der Waals surface area contributed by atoms with Gasteiger partial charge in [0.05, 0.1) is 0 Å². The highest BCUT2D eigenvalue weighted by molar-refractivity contribution is 5.19. The summed E-state index contributed by atoms with van der Waals surface area (Å²) in [6.07, 6.45) is 2.34. The van der Waals surface area contributed by atoms with E-state index in [0.717, 1.165) is 26.2 Å². The maximum Gasteiger partial charge on any atom is 0.0495 e. The molecule has 2 heteroatoms. The standard InChI is InChI=1S/C16H23NO/c1-13(2)11-17-16(10-14-8-9-18-12-14)15-6-4-3-5-7-15/h3-7,14,16-17H,1,8-12H2,2H3. The molecule has 2 unspecified atom stereocenters. The van der Waals surface area contributed by atoms with E-state index < -0.39 is 0 Å². The summed E-state index contributed by atoms with van der Waals surface area (Å²) in [4.78, 5) is 0. The lowest BCUT2D eigenvalue weighted by Crippen LogP contribution is -2.25. The molecule has 0 spiro atoms. The van der Waals surface area contributed by atoms with Crippen molar-refractivity contribution in [2.75, 3.05) is 19.8 Å². The van der Waals surface area contributed by atoms with E-state index in [4.69, 9.17) is 4.74 Å². The number of rotatable bonds is 6. The van der Waals surface area contributed by atoms with Gasteiger partial charge in [-0.3, -0.25) is 0 Å². The van der Waals surface area contributed by atoms with Crippen molar-refractivity contribution >= 4 is 0 Å². The van der Waals surface area contributed by atoms with Crippen molar-refractivity contribution in [3.05, 3.63) is 48.0 Å². The summed E-state index contributed by atoms with van der Waals surface area (Å²) in [7, 11) is 0. The lowest BCUT2D eigenvalue weighted by molar-refractivity contribution is 0.181. The van der Waals surface area contributed by atoms with Gasteiger partial charge in [-0.15, -0.1) is 0 Å². The van der Waals surface area contributed by atoms with E-state index in [1.165, 1.54) is 17.6 Å². The molecule has 18 heavy (non-hydrogen) atoms. The molecule has 0 aliphatic carbocycles. The van der Waals surface area contributed by atoms with Gasteiger partial charge in [0, 0.05) is 25.8 Å². The van der Waals surface area contributed by atoms with Crippen LogP contribution in [0.4, 0.5) is 0 Å². The molecule has 98 valence electrons. The number of ether oxygens (including phenoxy) is 1. The summed E-state index contributed by atoms with van der Waals surface area (Å²) >= 11 is 0. The zero-order valence-electron chi connectivity index (χ0n) is 11.2. The number of nitrogens with one attached hydrogen (secondary N) is 1. The minimum absolute atomic E-state index is 0.412. The Balaban J connectivity index is 1.99. The summed E-state index contributed by atoms with van der Waals surface area (Å²) < 4.78 is 5.47. The molecule has 1 heterocycles. The molecular formula is C16H23NO. The van der Waals surface area contributed by atoms with Gasteiger partial charge in [0.2, 0.25) is 0 Å². The van der Waals surface area contributed by atoms with E-state index >= 15 is 0 Å². The van der Waals surface area contributed by atoms with Gasteiger partial charge in [0.15, 0.2) is 0 Å². The topological polar surface area (TPSA) is 21.3 Å². The van der Waals surface area contributed by atoms with E-state index in [0.29, 0.717) is 12.0 Å². The van der Waals surface area contributed by atoms with Gasteiger partial charge in [-0.25, -0.2) is 0 Å². The van der Waals surface area contributed by atoms with Gasteiger partial charge in [0.25, 0.3) is 0 Å². The molecule has 1 saturated heterocycles. The van der Waals surface area contributed by atoms with E-state index in [-0.39, 0.29) is 0 Å². The molecule has 1 aromatic rings. The Hall–Kier alpha value is -1.12. The Labute approximate surface area is 110 Å². The zero-order chi connectivity index (χ0) is 12.8. The summed E-state index contributed by atoms with van der Waals surface area (Å²) in [5, 5.41) is 3.61. The maximum atomic E-state index is 5.47. The number of hydrogen-bond acceptors (Lipinski definition) is 2. The number of benzene rings is 1. The van der Waals surface area contributed by atoms with Crippen molar-refractivity contribution in [3.8, 4) is 0 Å². The van der Waals surface area contributed by atoms with Gasteiger partial charge < -0.3 is 10.1 Å². The molecule has 0 saturated carbocycles. The molecule has 1 aromatic carbocycles. The van der Waals surface area contributed by atoms with Crippen LogP contribution in [-0.2, 0) is 4.74 Å². The van der Waals surface area contributed by atoms with Crippen LogP contribution in [-0.4, -0.2) is 19.8 Å². The minimum atomic E-state index is 0.412. The third-order valence-electron chi connectivity index (χ3n) is 3.45. The highest BCUT2D eigenvalue weighted by Crippen LogP contribution is 2.26. The van der Waals surface area contributed by atoms with Crippen molar-refractivity contribution in [3.63, 3.8) is 0 Å². The van der Waals surface area contributed by atoms with Crippen LogP contribution in [0.15, 0.2) is 42.5 Å². The second-order valence-electron chi connectivity index (χ2n) is 5.27. The molecule has 2 atom stereocenters. The van der Waals surface area contributed by atoms with Gasteiger partial charge >= 0.3 is 0 Å². The molecule has 1 aliphatic heterocycles.